The maximum atomic E-state index is 13.3. The molecule has 2 atom stereocenters. The largest absolute Gasteiger partial charge is 0.362 e. The van der Waals surface area contributed by atoms with Gasteiger partial charge in [-0.25, -0.2) is 0 Å². The smallest absolute Gasteiger partial charge is 0.255 e. The van der Waals surface area contributed by atoms with Gasteiger partial charge >= 0.3 is 0 Å². The van der Waals surface area contributed by atoms with E-state index < -0.39 is 0 Å². The molecule has 3 heteroatoms. The molecule has 1 saturated heterocycles. The summed E-state index contributed by atoms with van der Waals surface area (Å²) in [5.74, 6) is 1.75. The number of allylic oxidation sites excluding steroid dienone is 1. The Balaban J connectivity index is 1.58. The van der Waals surface area contributed by atoms with Crippen molar-refractivity contribution in [1.29, 1.82) is 0 Å². The third-order valence-corrected chi connectivity index (χ3v) is 6.51. The zero-order chi connectivity index (χ0) is 21.0. The van der Waals surface area contributed by atoms with Crippen LogP contribution < -0.4 is 5.32 Å². The molecule has 0 saturated carbocycles. The molecule has 29 heavy (non-hydrogen) atoms. The minimum Gasteiger partial charge on any atom is -0.362 e. The van der Waals surface area contributed by atoms with Crippen LogP contribution in [0.25, 0.3) is 0 Å². The fourth-order valence-electron chi connectivity index (χ4n) is 4.78. The number of hydrogen-bond acceptors (Lipinski definition) is 2. The number of nitrogens with one attached hydrogen (secondary N) is 1. The Hall–Kier alpha value is -2.03. The van der Waals surface area contributed by atoms with Crippen molar-refractivity contribution in [2.24, 2.45) is 11.8 Å². The maximum absolute atomic E-state index is 13.3. The molecule has 0 radical (unpaired) electrons. The quantitative estimate of drug-likeness (QED) is 0.540. The van der Waals surface area contributed by atoms with Crippen molar-refractivity contribution in [3.63, 3.8) is 0 Å². The summed E-state index contributed by atoms with van der Waals surface area (Å²) >= 11 is 0. The minimum absolute atomic E-state index is 0.0641. The Morgan fingerprint density at radius 1 is 1.14 bits per heavy atom. The molecule has 3 nitrogen and oxygen atoms in total. The van der Waals surface area contributed by atoms with Gasteiger partial charge in [-0.15, -0.1) is 0 Å². The van der Waals surface area contributed by atoms with Crippen molar-refractivity contribution in [2.75, 3.05) is 0 Å². The number of aryl methyl sites for hydroxylation is 1. The predicted molar refractivity (Wildman–Crippen MR) is 122 cm³/mol. The maximum Gasteiger partial charge on any atom is 0.255 e. The molecule has 1 N–H and O–H groups in total. The molecule has 0 aromatic heterocycles. The fourth-order valence-corrected chi connectivity index (χ4v) is 4.78. The number of piperidine rings is 1. The van der Waals surface area contributed by atoms with Gasteiger partial charge in [0, 0.05) is 23.5 Å². The third kappa shape index (κ3) is 5.32. The molecule has 0 bridgehead atoms. The van der Waals surface area contributed by atoms with Crippen LogP contribution in [0.3, 0.4) is 0 Å². The van der Waals surface area contributed by atoms with Crippen molar-refractivity contribution in [3.05, 3.63) is 59.4 Å². The number of amides is 1. The summed E-state index contributed by atoms with van der Waals surface area (Å²) in [5, 5.41) is 3.26. The highest BCUT2D eigenvalue weighted by molar-refractivity contribution is 6.00. The number of carbonyl (C=O) groups excluding carboxylic acids is 1. The summed E-state index contributed by atoms with van der Waals surface area (Å²) in [6.45, 7) is 15.8. The summed E-state index contributed by atoms with van der Waals surface area (Å²) in [6, 6.07) is 6.45. The molecule has 2 aliphatic heterocycles. The molecule has 2 aliphatic rings. The van der Waals surface area contributed by atoms with Gasteiger partial charge < -0.3 is 10.2 Å². The molecular formula is C26H38N2O. The molecule has 2 heterocycles. The van der Waals surface area contributed by atoms with Crippen LogP contribution in [0, 0.1) is 11.8 Å². The van der Waals surface area contributed by atoms with Crippen LogP contribution in [0.4, 0.5) is 0 Å². The predicted octanol–water partition coefficient (Wildman–Crippen LogP) is 6.21. The van der Waals surface area contributed by atoms with Gasteiger partial charge in [-0.2, -0.15) is 0 Å². The zero-order valence-corrected chi connectivity index (χ0v) is 18.6. The molecule has 1 aromatic rings. The highest BCUT2D eigenvalue weighted by Crippen LogP contribution is 2.33. The van der Waals surface area contributed by atoms with E-state index in [1.807, 2.05) is 4.90 Å². The zero-order valence-electron chi connectivity index (χ0n) is 18.6. The van der Waals surface area contributed by atoms with E-state index in [1.54, 1.807) is 0 Å². The van der Waals surface area contributed by atoms with Gasteiger partial charge in [-0.1, -0.05) is 77.8 Å². The second-order valence-electron chi connectivity index (χ2n) is 9.51. The Morgan fingerprint density at radius 2 is 1.90 bits per heavy atom. The van der Waals surface area contributed by atoms with Gasteiger partial charge in [0.05, 0.1) is 6.04 Å². The number of hydrogen-bond donors (Lipinski definition) is 1. The van der Waals surface area contributed by atoms with Gasteiger partial charge in [0.1, 0.15) is 0 Å². The van der Waals surface area contributed by atoms with Crippen LogP contribution in [-0.4, -0.2) is 16.8 Å². The molecule has 1 amide bonds. The summed E-state index contributed by atoms with van der Waals surface area (Å²) in [7, 11) is 0. The van der Waals surface area contributed by atoms with Gasteiger partial charge in [0.15, 0.2) is 0 Å². The Bertz CT molecular complexity index is 764. The molecule has 3 rings (SSSR count). The summed E-state index contributed by atoms with van der Waals surface area (Å²) in [6.07, 6.45) is 9.18. The summed E-state index contributed by atoms with van der Waals surface area (Å²) in [5.41, 5.74) is 5.26. The van der Waals surface area contributed by atoms with Crippen LogP contribution in [0.15, 0.2) is 42.8 Å². The van der Waals surface area contributed by atoms with Crippen molar-refractivity contribution >= 4 is 5.91 Å². The Morgan fingerprint density at radius 3 is 2.62 bits per heavy atom. The molecule has 1 fully saturated rings. The first-order valence-electron chi connectivity index (χ1n) is 11.4. The van der Waals surface area contributed by atoms with Crippen molar-refractivity contribution in [3.8, 4) is 0 Å². The standard InChI is InChI=1S/C26H38N2O/c1-18(2)9-6-10-19(3)11-7-12-22-13-8-14-23-17-28(26(29)25(22)23)24-16-15-20(4)27-21(24)5/h8,13-14,18-19,24,27H,4-7,9-12,15-17H2,1-3H3. The Labute approximate surface area is 177 Å². The molecule has 158 valence electrons. The Kier molecular flexibility index (Phi) is 7.21. The molecule has 0 aliphatic carbocycles. The average molecular weight is 395 g/mol. The van der Waals surface area contributed by atoms with E-state index in [0.717, 1.165) is 54.5 Å². The first kappa shape index (κ1) is 21.7. The van der Waals surface area contributed by atoms with Gasteiger partial charge in [0.2, 0.25) is 0 Å². The van der Waals surface area contributed by atoms with Gasteiger partial charge in [-0.3, -0.25) is 4.79 Å². The summed E-state index contributed by atoms with van der Waals surface area (Å²) in [4.78, 5) is 15.3. The fraction of sp³-hybridized carbons (Fsp3) is 0.577. The SMILES string of the molecule is C=C1CCC(N2Cc3cccc(CCCC(C)CCCC(C)C)c3C2=O)C(=C)N1. The molecule has 2 unspecified atom stereocenters. The van der Waals surface area contributed by atoms with E-state index in [9.17, 15) is 4.79 Å². The van der Waals surface area contributed by atoms with E-state index in [-0.39, 0.29) is 11.9 Å². The van der Waals surface area contributed by atoms with Crippen LogP contribution in [-0.2, 0) is 13.0 Å². The first-order chi connectivity index (χ1) is 13.9. The highest BCUT2D eigenvalue weighted by Gasteiger charge is 2.36. The van der Waals surface area contributed by atoms with Crippen LogP contribution >= 0.6 is 0 Å². The van der Waals surface area contributed by atoms with Gasteiger partial charge in [-0.05, 0) is 48.6 Å². The highest BCUT2D eigenvalue weighted by atomic mass is 16.2. The summed E-state index contributed by atoms with van der Waals surface area (Å²) < 4.78 is 0. The van der Waals surface area contributed by atoms with E-state index in [0.29, 0.717) is 6.54 Å². The minimum atomic E-state index is 0.0641. The van der Waals surface area contributed by atoms with E-state index in [2.05, 4.69) is 57.4 Å². The normalized spacial score (nSPS) is 20.2. The monoisotopic (exact) mass is 394 g/mol. The lowest BCUT2D eigenvalue weighted by atomic mass is 9.93. The third-order valence-electron chi connectivity index (χ3n) is 6.51. The van der Waals surface area contributed by atoms with E-state index >= 15 is 0 Å². The second-order valence-corrected chi connectivity index (χ2v) is 9.51. The second kappa shape index (κ2) is 9.65. The van der Waals surface area contributed by atoms with E-state index in [1.165, 1.54) is 36.8 Å². The average Bonchev–Trinajstić information content (AvgIpc) is 2.99. The van der Waals surface area contributed by atoms with E-state index in [4.69, 9.17) is 0 Å². The van der Waals surface area contributed by atoms with Crippen molar-refractivity contribution in [2.45, 2.75) is 84.7 Å². The molecular weight excluding hydrogens is 356 g/mol. The lowest BCUT2D eigenvalue weighted by molar-refractivity contribution is 0.0711. The van der Waals surface area contributed by atoms with Crippen LogP contribution in [0.1, 0.15) is 87.2 Å². The lowest BCUT2D eigenvalue weighted by Crippen LogP contribution is -2.43. The van der Waals surface area contributed by atoms with Gasteiger partial charge in [0.25, 0.3) is 5.91 Å². The molecule has 0 spiro atoms. The first-order valence-corrected chi connectivity index (χ1v) is 11.4. The van der Waals surface area contributed by atoms with Crippen LogP contribution in [0.2, 0.25) is 0 Å². The topological polar surface area (TPSA) is 32.3 Å². The number of rotatable bonds is 9. The number of nitrogens with zero attached hydrogens (tertiary/aromatic N) is 1. The number of carbonyl (C=O) groups is 1. The molecule has 1 aromatic carbocycles. The van der Waals surface area contributed by atoms with Crippen molar-refractivity contribution < 1.29 is 4.79 Å². The van der Waals surface area contributed by atoms with Crippen molar-refractivity contribution in [1.82, 2.24) is 10.2 Å². The number of benzene rings is 1. The number of fused-ring (bicyclic) bond motifs is 1. The lowest BCUT2D eigenvalue weighted by Gasteiger charge is -2.34. The van der Waals surface area contributed by atoms with Crippen LogP contribution in [0.5, 0.6) is 0 Å².